The molecule has 0 aliphatic carbocycles. The Kier molecular flexibility index (Phi) is 4.37. The van der Waals surface area contributed by atoms with Crippen molar-refractivity contribution in [2.75, 3.05) is 5.88 Å². The molecule has 0 N–H and O–H groups in total. The number of nitro benzene ring substituents is 1. The summed E-state index contributed by atoms with van der Waals surface area (Å²) in [7, 11) is 0. The number of nitrogens with zero attached hydrogens (tertiary/aromatic N) is 1. The Bertz CT molecular complexity index is 412. The lowest BCUT2D eigenvalue weighted by molar-refractivity contribution is -0.390. The minimum Gasteiger partial charge on any atom is -0.258 e. The van der Waals surface area contributed by atoms with Crippen LogP contribution in [0.15, 0.2) is 18.2 Å². The summed E-state index contributed by atoms with van der Waals surface area (Å²) in [5.74, 6) is -1.97. The third-order valence-electron chi connectivity index (χ3n) is 1.81. The maximum absolute atomic E-state index is 13.1. The molecule has 0 aromatic heterocycles. The van der Waals surface area contributed by atoms with E-state index in [0.717, 1.165) is 12.1 Å². The lowest BCUT2D eigenvalue weighted by Crippen LogP contribution is -1.97. The Labute approximate surface area is 95.5 Å². The Morgan fingerprint density at radius 1 is 1.38 bits per heavy atom. The SMILES string of the molecule is O=[N+]([O-])c1c(F)cc(C=CCCCl)cc1F. The highest BCUT2D eigenvalue weighted by atomic mass is 35.5. The van der Waals surface area contributed by atoms with E-state index in [1.807, 2.05) is 0 Å². The number of allylic oxidation sites excluding steroid dienone is 1. The van der Waals surface area contributed by atoms with Gasteiger partial charge < -0.3 is 0 Å². The summed E-state index contributed by atoms with van der Waals surface area (Å²) in [6.07, 6.45) is 3.65. The van der Waals surface area contributed by atoms with E-state index in [9.17, 15) is 18.9 Å². The maximum Gasteiger partial charge on any atom is 0.340 e. The van der Waals surface area contributed by atoms with Crippen LogP contribution in [0.3, 0.4) is 0 Å². The van der Waals surface area contributed by atoms with Crippen LogP contribution >= 0.6 is 11.6 Å². The highest BCUT2D eigenvalue weighted by Crippen LogP contribution is 2.23. The zero-order chi connectivity index (χ0) is 12.1. The average molecular weight is 248 g/mol. The third-order valence-corrected chi connectivity index (χ3v) is 2.03. The van der Waals surface area contributed by atoms with Gasteiger partial charge in [-0.2, -0.15) is 8.78 Å². The van der Waals surface area contributed by atoms with E-state index in [4.69, 9.17) is 11.6 Å². The molecule has 0 aliphatic heterocycles. The number of benzene rings is 1. The molecule has 0 bridgehead atoms. The molecule has 1 aromatic carbocycles. The van der Waals surface area contributed by atoms with Gasteiger partial charge in [-0.25, -0.2) is 0 Å². The first-order chi connectivity index (χ1) is 7.56. The van der Waals surface area contributed by atoms with Crippen molar-refractivity contribution in [3.8, 4) is 0 Å². The van der Waals surface area contributed by atoms with Crippen molar-refractivity contribution in [3.05, 3.63) is 45.5 Å². The van der Waals surface area contributed by atoms with Crippen LogP contribution < -0.4 is 0 Å². The molecule has 0 heterocycles. The number of rotatable bonds is 4. The van der Waals surface area contributed by atoms with Crippen molar-refractivity contribution in [1.29, 1.82) is 0 Å². The highest BCUT2D eigenvalue weighted by Gasteiger charge is 2.21. The topological polar surface area (TPSA) is 43.1 Å². The molecule has 0 atom stereocenters. The quantitative estimate of drug-likeness (QED) is 0.464. The number of halogens is 3. The van der Waals surface area contributed by atoms with Crippen LogP contribution in [0.25, 0.3) is 6.08 Å². The van der Waals surface area contributed by atoms with Gasteiger partial charge in [0.2, 0.25) is 11.6 Å². The van der Waals surface area contributed by atoms with Gasteiger partial charge in [-0.3, -0.25) is 10.1 Å². The van der Waals surface area contributed by atoms with Crippen LogP contribution in [0.2, 0.25) is 0 Å². The summed E-state index contributed by atoms with van der Waals surface area (Å²) in [4.78, 5) is 9.22. The van der Waals surface area contributed by atoms with Gasteiger partial charge in [-0.15, -0.1) is 11.6 Å². The molecule has 16 heavy (non-hydrogen) atoms. The van der Waals surface area contributed by atoms with Gasteiger partial charge in [-0.1, -0.05) is 12.2 Å². The number of hydrogen-bond acceptors (Lipinski definition) is 2. The molecule has 6 heteroatoms. The Hall–Kier alpha value is -1.49. The Morgan fingerprint density at radius 3 is 2.38 bits per heavy atom. The number of hydrogen-bond donors (Lipinski definition) is 0. The van der Waals surface area contributed by atoms with Crippen molar-refractivity contribution in [1.82, 2.24) is 0 Å². The fraction of sp³-hybridized carbons (Fsp3) is 0.200. The van der Waals surface area contributed by atoms with Crippen LogP contribution in [0.5, 0.6) is 0 Å². The van der Waals surface area contributed by atoms with E-state index >= 15 is 0 Å². The van der Waals surface area contributed by atoms with Gasteiger partial charge in [0.25, 0.3) is 0 Å². The summed E-state index contributed by atoms with van der Waals surface area (Å²) >= 11 is 5.41. The molecule has 0 fully saturated rings. The molecule has 0 saturated carbocycles. The maximum atomic E-state index is 13.1. The fourth-order valence-corrected chi connectivity index (χ4v) is 1.26. The van der Waals surface area contributed by atoms with E-state index in [2.05, 4.69) is 0 Å². The predicted octanol–water partition coefficient (Wildman–Crippen LogP) is 3.52. The Balaban J connectivity index is 3.05. The zero-order valence-corrected chi connectivity index (χ0v) is 8.88. The molecule has 0 unspecified atom stereocenters. The second kappa shape index (κ2) is 5.55. The first kappa shape index (κ1) is 12.6. The van der Waals surface area contributed by atoms with E-state index in [0.29, 0.717) is 12.3 Å². The fourth-order valence-electron chi connectivity index (χ4n) is 1.14. The van der Waals surface area contributed by atoms with Crippen molar-refractivity contribution in [2.24, 2.45) is 0 Å². The van der Waals surface area contributed by atoms with Crippen molar-refractivity contribution >= 4 is 23.4 Å². The predicted molar refractivity (Wildman–Crippen MR) is 57.4 cm³/mol. The van der Waals surface area contributed by atoms with E-state index in [1.165, 1.54) is 6.08 Å². The third kappa shape index (κ3) is 3.00. The van der Waals surface area contributed by atoms with Gasteiger partial charge in [0.05, 0.1) is 4.92 Å². The second-order valence-electron chi connectivity index (χ2n) is 2.97. The van der Waals surface area contributed by atoms with Crippen molar-refractivity contribution in [2.45, 2.75) is 6.42 Å². The molecule has 0 radical (unpaired) electrons. The molecule has 0 saturated heterocycles. The summed E-state index contributed by atoms with van der Waals surface area (Å²) in [6, 6.07) is 1.82. The first-order valence-electron chi connectivity index (χ1n) is 4.42. The van der Waals surface area contributed by atoms with Gasteiger partial charge in [0, 0.05) is 5.88 Å². The molecule has 0 spiro atoms. The molecule has 1 aromatic rings. The van der Waals surface area contributed by atoms with Gasteiger partial charge >= 0.3 is 5.69 Å². The normalized spacial score (nSPS) is 10.9. The minimum atomic E-state index is -1.18. The molecule has 86 valence electrons. The van der Waals surface area contributed by atoms with Crippen LogP contribution in [-0.4, -0.2) is 10.8 Å². The minimum absolute atomic E-state index is 0.228. The van der Waals surface area contributed by atoms with Crippen LogP contribution in [-0.2, 0) is 0 Å². The number of nitro groups is 1. The van der Waals surface area contributed by atoms with E-state index in [-0.39, 0.29) is 5.56 Å². The van der Waals surface area contributed by atoms with E-state index < -0.39 is 22.2 Å². The smallest absolute Gasteiger partial charge is 0.258 e. The first-order valence-corrected chi connectivity index (χ1v) is 4.95. The van der Waals surface area contributed by atoms with E-state index in [1.54, 1.807) is 6.08 Å². The summed E-state index contributed by atoms with van der Waals surface area (Å²) in [6.45, 7) is 0. The van der Waals surface area contributed by atoms with Crippen LogP contribution in [0, 0.1) is 21.7 Å². The van der Waals surface area contributed by atoms with Gasteiger partial charge in [0.15, 0.2) is 0 Å². The lowest BCUT2D eigenvalue weighted by atomic mass is 10.1. The van der Waals surface area contributed by atoms with Crippen LogP contribution in [0.1, 0.15) is 12.0 Å². The second-order valence-corrected chi connectivity index (χ2v) is 3.35. The molecule has 0 amide bonds. The zero-order valence-electron chi connectivity index (χ0n) is 8.12. The summed E-state index contributed by atoms with van der Waals surface area (Å²) in [5, 5.41) is 10.3. The van der Waals surface area contributed by atoms with Crippen LogP contribution in [0.4, 0.5) is 14.5 Å². The monoisotopic (exact) mass is 247 g/mol. The number of alkyl halides is 1. The van der Waals surface area contributed by atoms with Crippen molar-refractivity contribution in [3.63, 3.8) is 0 Å². The van der Waals surface area contributed by atoms with Crippen molar-refractivity contribution < 1.29 is 13.7 Å². The molecular weight excluding hydrogens is 240 g/mol. The standard InChI is InChI=1S/C10H8ClF2NO2/c11-4-2-1-3-7-5-8(12)10(14(15)16)9(13)6-7/h1,3,5-6H,2,4H2. The molecule has 0 aliphatic rings. The lowest BCUT2D eigenvalue weighted by Gasteiger charge is -1.98. The highest BCUT2D eigenvalue weighted by molar-refractivity contribution is 6.17. The summed E-state index contributed by atoms with van der Waals surface area (Å²) < 4.78 is 26.3. The Morgan fingerprint density at radius 2 is 1.94 bits per heavy atom. The van der Waals surface area contributed by atoms with Gasteiger partial charge in [-0.05, 0) is 24.1 Å². The molecule has 3 nitrogen and oxygen atoms in total. The summed E-state index contributed by atoms with van der Waals surface area (Å²) in [5.41, 5.74) is -0.903. The average Bonchev–Trinajstić information content (AvgIpc) is 2.16. The van der Waals surface area contributed by atoms with Gasteiger partial charge in [0.1, 0.15) is 0 Å². The largest absolute Gasteiger partial charge is 0.340 e. The molecule has 1 rings (SSSR count). The molecular formula is C10H8ClF2NO2.